The fourth-order valence-corrected chi connectivity index (χ4v) is 2.54. The molecular formula is C14H24N2O4S. The van der Waals surface area contributed by atoms with Crippen LogP contribution in [0.1, 0.15) is 13.8 Å². The molecule has 7 heteroatoms. The van der Waals surface area contributed by atoms with Gasteiger partial charge in [-0.1, -0.05) is 6.07 Å². The van der Waals surface area contributed by atoms with Gasteiger partial charge in [0.15, 0.2) is 0 Å². The lowest BCUT2D eigenvalue weighted by molar-refractivity contribution is 0.0736. The molecular weight excluding hydrogens is 292 g/mol. The minimum Gasteiger partial charge on any atom is -0.492 e. The van der Waals surface area contributed by atoms with Crippen LogP contribution >= 0.6 is 0 Å². The number of rotatable bonds is 9. The first-order valence-corrected chi connectivity index (χ1v) is 8.46. The summed E-state index contributed by atoms with van der Waals surface area (Å²) < 4.78 is 36.1. The fraction of sp³-hybridized carbons (Fsp3) is 0.571. The molecule has 0 fully saturated rings. The fourth-order valence-electron chi connectivity index (χ4n) is 1.58. The molecule has 0 radical (unpaired) electrons. The SMILES string of the molecule is CC(C)OCCN(C)S(=O)(=O)CCOc1cccc(N)c1. The molecule has 1 rings (SSSR count). The molecule has 0 saturated heterocycles. The molecule has 0 atom stereocenters. The maximum atomic E-state index is 12.0. The normalized spacial score (nSPS) is 12.0. The third-order valence-electron chi connectivity index (χ3n) is 2.80. The Morgan fingerprint density at radius 3 is 2.62 bits per heavy atom. The van der Waals surface area contributed by atoms with Crippen molar-refractivity contribution in [2.45, 2.75) is 20.0 Å². The number of likely N-dealkylation sites (N-methyl/N-ethyl adjacent to an activating group) is 1. The van der Waals surface area contributed by atoms with Gasteiger partial charge in [-0.25, -0.2) is 12.7 Å². The van der Waals surface area contributed by atoms with E-state index in [0.717, 1.165) is 0 Å². The summed E-state index contributed by atoms with van der Waals surface area (Å²) in [6.45, 7) is 4.62. The Kier molecular flexibility index (Phi) is 6.94. The van der Waals surface area contributed by atoms with E-state index in [-0.39, 0.29) is 18.5 Å². The van der Waals surface area contributed by atoms with E-state index in [9.17, 15) is 8.42 Å². The molecule has 1 aromatic carbocycles. The van der Waals surface area contributed by atoms with Crippen LogP contribution in [0.2, 0.25) is 0 Å². The molecule has 21 heavy (non-hydrogen) atoms. The third kappa shape index (κ3) is 6.79. The summed E-state index contributed by atoms with van der Waals surface area (Å²) in [5.41, 5.74) is 6.20. The Morgan fingerprint density at radius 1 is 1.29 bits per heavy atom. The minimum absolute atomic E-state index is 0.0834. The van der Waals surface area contributed by atoms with Crippen LogP contribution in [0, 0.1) is 0 Å². The van der Waals surface area contributed by atoms with Gasteiger partial charge >= 0.3 is 0 Å². The summed E-state index contributed by atoms with van der Waals surface area (Å²) in [4.78, 5) is 0. The Bertz CT molecular complexity index is 532. The zero-order valence-electron chi connectivity index (χ0n) is 12.8. The first kappa shape index (κ1) is 17.7. The minimum atomic E-state index is -3.34. The summed E-state index contributed by atoms with van der Waals surface area (Å²) in [6, 6.07) is 6.90. The van der Waals surface area contributed by atoms with E-state index >= 15 is 0 Å². The van der Waals surface area contributed by atoms with E-state index in [1.165, 1.54) is 4.31 Å². The van der Waals surface area contributed by atoms with Crippen LogP contribution < -0.4 is 10.5 Å². The van der Waals surface area contributed by atoms with Crippen molar-refractivity contribution < 1.29 is 17.9 Å². The largest absolute Gasteiger partial charge is 0.492 e. The summed E-state index contributed by atoms with van der Waals surface area (Å²) in [5.74, 6) is 0.482. The van der Waals surface area contributed by atoms with E-state index in [0.29, 0.717) is 24.6 Å². The van der Waals surface area contributed by atoms with Crippen LogP contribution in [0.3, 0.4) is 0 Å². The Labute approximate surface area is 126 Å². The quantitative estimate of drug-likeness (QED) is 0.695. The van der Waals surface area contributed by atoms with Crippen LogP contribution in [0.15, 0.2) is 24.3 Å². The first-order valence-electron chi connectivity index (χ1n) is 6.85. The molecule has 0 aliphatic heterocycles. The molecule has 0 amide bonds. The molecule has 120 valence electrons. The van der Waals surface area contributed by atoms with Gasteiger partial charge in [0.2, 0.25) is 10.0 Å². The van der Waals surface area contributed by atoms with Gasteiger partial charge in [-0.15, -0.1) is 0 Å². The number of nitrogen functional groups attached to an aromatic ring is 1. The number of hydrogen-bond donors (Lipinski definition) is 1. The monoisotopic (exact) mass is 316 g/mol. The second kappa shape index (κ2) is 8.21. The third-order valence-corrected chi connectivity index (χ3v) is 4.62. The molecule has 0 saturated carbocycles. The number of ether oxygens (including phenoxy) is 2. The Morgan fingerprint density at radius 2 is 2.00 bits per heavy atom. The second-order valence-corrected chi connectivity index (χ2v) is 7.17. The maximum Gasteiger partial charge on any atom is 0.217 e. The van der Waals surface area contributed by atoms with Crippen LogP contribution in [0.5, 0.6) is 5.75 Å². The smallest absolute Gasteiger partial charge is 0.217 e. The summed E-state index contributed by atoms with van der Waals surface area (Å²) in [5, 5.41) is 0. The van der Waals surface area contributed by atoms with Crippen molar-refractivity contribution in [2.24, 2.45) is 0 Å². The lowest BCUT2D eigenvalue weighted by Crippen LogP contribution is -2.34. The number of anilines is 1. The van der Waals surface area contributed by atoms with Gasteiger partial charge in [-0.05, 0) is 26.0 Å². The standard InChI is InChI=1S/C14H24N2O4S/c1-12(2)19-8-7-16(3)21(17,18)10-9-20-14-6-4-5-13(15)11-14/h4-6,11-12H,7-10,15H2,1-3H3. The Balaban J connectivity index is 2.38. The molecule has 0 spiro atoms. The first-order chi connectivity index (χ1) is 9.81. The number of nitrogens with two attached hydrogens (primary N) is 1. The van der Waals surface area contributed by atoms with Gasteiger partial charge in [0.1, 0.15) is 12.4 Å². The molecule has 0 heterocycles. The van der Waals surface area contributed by atoms with Crippen molar-refractivity contribution >= 4 is 15.7 Å². The van der Waals surface area contributed by atoms with Crippen LogP contribution in [0.25, 0.3) is 0 Å². The van der Waals surface area contributed by atoms with Crippen molar-refractivity contribution in [3.05, 3.63) is 24.3 Å². The molecule has 0 aliphatic carbocycles. The molecule has 0 unspecified atom stereocenters. The van der Waals surface area contributed by atoms with Gasteiger partial charge in [0, 0.05) is 25.3 Å². The number of sulfonamides is 1. The molecule has 1 aromatic rings. The molecule has 6 nitrogen and oxygen atoms in total. The number of hydrogen-bond acceptors (Lipinski definition) is 5. The van der Waals surface area contributed by atoms with E-state index in [2.05, 4.69) is 0 Å². The summed E-state index contributed by atoms with van der Waals surface area (Å²) in [7, 11) is -1.80. The van der Waals surface area contributed by atoms with Crippen molar-refractivity contribution in [2.75, 3.05) is 38.3 Å². The van der Waals surface area contributed by atoms with Crippen LogP contribution in [-0.4, -0.2) is 51.4 Å². The van der Waals surface area contributed by atoms with Gasteiger partial charge < -0.3 is 15.2 Å². The van der Waals surface area contributed by atoms with Gasteiger partial charge in [0.05, 0.1) is 18.5 Å². The molecule has 0 aromatic heterocycles. The molecule has 2 N–H and O–H groups in total. The lowest BCUT2D eigenvalue weighted by Gasteiger charge is -2.18. The summed E-state index contributed by atoms with van der Waals surface area (Å²) >= 11 is 0. The predicted octanol–water partition coefficient (Wildman–Crippen LogP) is 1.33. The van der Waals surface area contributed by atoms with E-state index in [4.69, 9.17) is 15.2 Å². The number of nitrogens with zero attached hydrogens (tertiary/aromatic N) is 1. The van der Waals surface area contributed by atoms with Crippen molar-refractivity contribution in [3.63, 3.8) is 0 Å². The highest BCUT2D eigenvalue weighted by Gasteiger charge is 2.17. The average Bonchev–Trinajstić information content (AvgIpc) is 2.38. The van der Waals surface area contributed by atoms with Gasteiger partial charge in [0.25, 0.3) is 0 Å². The maximum absolute atomic E-state index is 12.0. The van der Waals surface area contributed by atoms with Gasteiger partial charge in [-0.2, -0.15) is 0 Å². The van der Waals surface area contributed by atoms with Crippen molar-refractivity contribution in [1.82, 2.24) is 4.31 Å². The molecule has 0 bridgehead atoms. The Hall–Kier alpha value is -1.31. The molecule has 0 aliphatic rings. The highest BCUT2D eigenvalue weighted by atomic mass is 32.2. The highest BCUT2D eigenvalue weighted by molar-refractivity contribution is 7.89. The topological polar surface area (TPSA) is 81.9 Å². The van der Waals surface area contributed by atoms with E-state index in [1.54, 1.807) is 31.3 Å². The zero-order chi connectivity index (χ0) is 15.9. The summed E-state index contributed by atoms with van der Waals surface area (Å²) in [6.07, 6.45) is 0.0907. The van der Waals surface area contributed by atoms with E-state index < -0.39 is 10.0 Å². The number of benzene rings is 1. The lowest BCUT2D eigenvalue weighted by atomic mass is 10.3. The van der Waals surface area contributed by atoms with E-state index in [1.807, 2.05) is 13.8 Å². The average molecular weight is 316 g/mol. The van der Waals surface area contributed by atoms with Crippen LogP contribution in [-0.2, 0) is 14.8 Å². The highest BCUT2D eigenvalue weighted by Crippen LogP contribution is 2.14. The predicted molar refractivity (Wildman–Crippen MR) is 83.9 cm³/mol. The van der Waals surface area contributed by atoms with Crippen molar-refractivity contribution in [1.29, 1.82) is 0 Å². The second-order valence-electron chi connectivity index (χ2n) is 4.98. The van der Waals surface area contributed by atoms with Crippen LogP contribution in [0.4, 0.5) is 5.69 Å². The van der Waals surface area contributed by atoms with Gasteiger partial charge in [-0.3, -0.25) is 0 Å². The van der Waals surface area contributed by atoms with Crippen molar-refractivity contribution in [3.8, 4) is 5.75 Å². The zero-order valence-corrected chi connectivity index (χ0v) is 13.6.